The van der Waals surface area contributed by atoms with Crippen LogP contribution in [0.3, 0.4) is 0 Å². The van der Waals surface area contributed by atoms with Crippen LogP contribution in [0.1, 0.15) is 29.1 Å². The minimum atomic E-state index is -0.0301. The number of carbonyl (C=O) groups excluding carboxylic acids is 1. The van der Waals surface area contributed by atoms with E-state index in [1.165, 1.54) is 0 Å². The van der Waals surface area contributed by atoms with E-state index in [0.29, 0.717) is 19.5 Å². The fourth-order valence-electron chi connectivity index (χ4n) is 2.80. The fraction of sp³-hybridized carbons (Fsp3) is 0.316. The third kappa shape index (κ3) is 4.60. The Labute approximate surface area is 161 Å². The number of aryl methyl sites for hydroxylation is 4. The molecule has 0 saturated carbocycles. The van der Waals surface area contributed by atoms with E-state index in [1.807, 2.05) is 55.9 Å². The predicted octanol–water partition coefficient (Wildman–Crippen LogP) is 3.84. The highest BCUT2D eigenvalue weighted by Gasteiger charge is 2.07. The second-order valence-corrected chi connectivity index (χ2v) is 7.26. The summed E-state index contributed by atoms with van der Waals surface area (Å²) in [5.74, 6) is -0.0301. The van der Waals surface area contributed by atoms with Crippen molar-refractivity contribution in [2.45, 2.75) is 40.3 Å². The van der Waals surface area contributed by atoms with Gasteiger partial charge in [0, 0.05) is 30.5 Å². The Morgan fingerprint density at radius 3 is 2.65 bits per heavy atom. The quantitative estimate of drug-likeness (QED) is 0.664. The van der Waals surface area contributed by atoms with Crippen molar-refractivity contribution in [3.05, 3.63) is 63.6 Å². The summed E-state index contributed by atoms with van der Waals surface area (Å²) in [5.41, 5.74) is 4.94. The number of carbonyl (C=O) groups is 1. The molecule has 0 fully saturated rings. The number of amides is 1. The van der Waals surface area contributed by atoms with Crippen LogP contribution < -0.4 is 5.32 Å². The summed E-state index contributed by atoms with van der Waals surface area (Å²) in [6.45, 7) is 7.18. The van der Waals surface area contributed by atoms with Crippen LogP contribution in [0.15, 0.2) is 41.0 Å². The third-order valence-electron chi connectivity index (χ3n) is 4.10. The molecule has 1 amide bonds. The molecule has 1 aromatic carbocycles. The van der Waals surface area contributed by atoms with Crippen LogP contribution in [0, 0.1) is 20.8 Å². The van der Waals surface area contributed by atoms with Crippen molar-refractivity contribution >= 4 is 27.5 Å². The van der Waals surface area contributed by atoms with E-state index in [2.05, 4.69) is 37.5 Å². The van der Waals surface area contributed by atoms with E-state index in [-0.39, 0.29) is 5.91 Å². The summed E-state index contributed by atoms with van der Waals surface area (Å²) in [4.78, 5) is 12.2. The smallest absolute Gasteiger partial charge is 0.226 e. The maximum atomic E-state index is 12.2. The largest absolute Gasteiger partial charge is 0.326 e. The van der Waals surface area contributed by atoms with Gasteiger partial charge in [-0.05, 0) is 60.5 Å². The lowest BCUT2D eigenvalue weighted by atomic mass is 10.2. The lowest BCUT2D eigenvalue weighted by molar-refractivity contribution is -0.116. The molecule has 0 unspecified atom stereocenters. The Kier molecular flexibility index (Phi) is 5.56. The van der Waals surface area contributed by atoms with Gasteiger partial charge in [-0.25, -0.2) is 0 Å². The van der Waals surface area contributed by atoms with Crippen molar-refractivity contribution in [1.82, 2.24) is 19.6 Å². The highest BCUT2D eigenvalue weighted by atomic mass is 79.9. The molecule has 3 rings (SSSR count). The summed E-state index contributed by atoms with van der Waals surface area (Å²) in [6, 6.07) is 9.93. The fourth-order valence-corrected chi connectivity index (χ4v) is 3.12. The molecule has 26 heavy (non-hydrogen) atoms. The topological polar surface area (TPSA) is 64.7 Å². The van der Waals surface area contributed by atoms with Gasteiger partial charge in [-0.3, -0.25) is 14.2 Å². The van der Waals surface area contributed by atoms with Gasteiger partial charge in [0.1, 0.15) is 0 Å². The molecule has 0 bridgehead atoms. The van der Waals surface area contributed by atoms with E-state index >= 15 is 0 Å². The molecule has 6 nitrogen and oxygen atoms in total. The van der Waals surface area contributed by atoms with Gasteiger partial charge in [0.2, 0.25) is 5.91 Å². The molecule has 0 aliphatic heterocycles. The van der Waals surface area contributed by atoms with Crippen LogP contribution in [0.4, 0.5) is 5.69 Å². The second-order valence-electron chi connectivity index (χ2n) is 6.41. The normalized spacial score (nSPS) is 10.9. The molecule has 2 heterocycles. The number of nitrogens with zero attached hydrogens (tertiary/aromatic N) is 4. The summed E-state index contributed by atoms with van der Waals surface area (Å²) in [5, 5.41) is 11.8. The van der Waals surface area contributed by atoms with Gasteiger partial charge in [-0.2, -0.15) is 10.2 Å². The molecular weight excluding hydrogens is 394 g/mol. The average molecular weight is 416 g/mol. The van der Waals surface area contributed by atoms with Crippen LogP contribution >= 0.6 is 15.9 Å². The number of aromatic nitrogens is 4. The van der Waals surface area contributed by atoms with Crippen molar-refractivity contribution < 1.29 is 4.79 Å². The van der Waals surface area contributed by atoms with Crippen molar-refractivity contribution in [3.63, 3.8) is 0 Å². The summed E-state index contributed by atoms with van der Waals surface area (Å²) in [7, 11) is 0. The predicted molar refractivity (Wildman–Crippen MR) is 105 cm³/mol. The first kappa shape index (κ1) is 18.4. The first-order valence-corrected chi connectivity index (χ1v) is 9.29. The molecule has 0 aliphatic rings. The Morgan fingerprint density at radius 2 is 2.00 bits per heavy atom. The van der Waals surface area contributed by atoms with Crippen LogP contribution in [0.25, 0.3) is 0 Å². The van der Waals surface area contributed by atoms with Gasteiger partial charge in [-0.1, -0.05) is 12.1 Å². The molecule has 1 N–H and O–H groups in total. The molecule has 2 aromatic heterocycles. The van der Waals surface area contributed by atoms with Gasteiger partial charge in [-0.15, -0.1) is 0 Å². The standard InChI is InChI=1S/C19H22BrN5O/c1-13-9-14(2)25(22-13)11-16-5-4-6-17(10-16)21-19(26)7-8-24-12-18(20)15(3)23-24/h4-6,9-10,12H,7-8,11H2,1-3H3,(H,21,26). The molecule has 0 radical (unpaired) electrons. The Bertz CT molecular complexity index is 908. The molecule has 0 aliphatic carbocycles. The summed E-state index contributed by atoms with van der Waals surface area (Å²) < 4.78 is 4.70. The number of benzene rings is 1. The molecule has 3 aromatic rings. The van der Waals surface area contributed by atoms with Gasteiger partial charge in [0.05, 0.1) is 22.4 Å². The number of nitrogens with one attached hydrogen (secondary N) is 1. The SMILES string of the molecule is Cc1cc(C)n(Cc2cccc(NC(=O)CCn3cc(Br)c(C)n3)c2)n1. The first-order chi connectivity index (χ1) is 12.4. The lowest BCUT2D eigenvalue weighted by Crippen LogP contribution is -2.15. The van der Waals surface area contributed by atoms with Crippen LogP contribution in [-0.2, 0) is 17.9 Å². The van der Waals surface area contributed by atoms with Crippen LogP contribution in [0.5, 0.6) is 0 Å². The molecule has 0 spiro atoms. The van der Waals surface area contributed by atoms with Crippen molar-refractivity contribution in [1.29, 1.82) is 0 Å². The summed E-state index contributed by atoms with van der Waals surface area (Å²) >= 11 is 3.43. The highest BCUT2D eigenvalue weighted by Crippen LogP contribution is 2.15. The van der Waals surface area contributed by atoms with Crippen molar-refractivity contribution in [3.8, 4) is 0 Å². The van der Waals surface area contributed by atoms with E-state index in [1.54, 1.807) is 4.68 Å². The Balaban J connectivity index is 1.59. The Hall–Kier alpha value is -2.41. The van der Waals surface area contributed by atoms with Crippen molar-refractivity contribution in [2.24, 2.45) is 0 Å². The maximum absolute atomic E-state index is 12.2. The van der Waals surface area contributed by atoms with Gasteiger partial charge in [0.25, 0.3) is 0 Å². The van der Waals surface area contributed by atoms with Gasteiger partial charge < -0.3 is 5.32 Å². The Morgan fingerprint density at radius 1 is 1.19 bits per heavy atom. The molecule has 0 atom stereocenters. The van der Waals surface area contributed by atoms with Gasteiger partial charge >= 0.3 is 0 Å². The van der Waals surface area contributed by atoms with Gasteiger partial charge in [0.15, 0.2) is 0 Å². The maximum Gasteiger partial charge on any atom is 0.226 e. The zero-order valence-corrected chi connectivity index (χ0v) is 16.7. The molecule has 0 saturated heterocycles. The minimum Gasteiger partial charge on any atom is -0.326 e. The van der Waals surface area contributed by atoms with Crippen LogP contribution in [-0.4, -0.2) is 25.5 Å². The number of hydrogen-bond donors (Lipinski definition) is 1. The summed E-state index contributed by atoms with van der Waals surface area (Å²) in [6.07, 6.45) is 2.26. The third-order valence-corrected chi connectivity index (χ3v) is 4.88. The average Bonchev–Trinajstić information content (AvgIpc) is 3.07. The number of halogens is 1. The zero-order valence-electron chi connectivity index (χ0n) is 15.2. The van der Waals surface area contributed by atoms with Crippen molar-refractivity contribution in [2.75, 3.05) is 5.32 Å². The van der Waals surface area contributed by atoms with E-state index < -0.39 is 0 Å². The molecule has 7 heteroatoms. The number of anilines is 1. The number of rotatable bonds is 6. The van der Waals surface area contributed by atoms with E-state index in [4.69, 9.17) is 0 Å². The lowest BCUT2D eigenvalue weighted by Gasteiger charge is -2.09. The molecular formula is C19H22BrN5O. The zero-order chi connectivity index (χ0) is 18.7. The highest BCUT2D eigenvalue weighted by molar-refractivity contribution is 9.10. The number of hydrogen-bond acceptors (Lipinski definition) is 3. The van der Waals surface area contributed by atoms with Crippen LogP contribution in [0.2, 0.25) is 0 Å². The molecule has 136 valence electrons. The monoisotopic (exact) mass is 415 g/mol. The second kappa shape index (κ2) is 7.86. The van der Waals surface area contributed by atoms with E-state index in [9.17, 15) is 4.79 Å². The first-order valence-electron chi connectivity index (χ1n) is 8.50. The minimum absolute atomic E-state index is 0.0301. The van der Waals surface area contributed by atoms with E-state index in [0.717, 1.165) is 32.8 Å².